The molecule has 2 amide bonds. The summed E-state index contributed by atoms with van der Waals surface area (Å²) >= 11 is 0. The Morgan fingerprint density at radius 3 is 1.96 bits per heavy atom. The molecule has 6 nitrogen and oxygen atoms in total. The van der Waals surface area contributed by atoms with Crippen LogP contribution in [-0.4, -0.2) is 28.7 Å². The normalized spacial score (nSPS) is 12.3. The molecule has 1 atom stereocenters. The number of anilines is 2. The molecule has 0 heterocycles. The molecule has 2 aromatic rings. The zero-order chi connectivity index (χ0) is 18.9. The minimum atomic E-state index is -0.733. The van der Waals surface area contributed by atoms with Crippen LogP contribution in [0.1, 0.15) is 26.7 Å². The number of hydrazone groups is 1. The number of aliphatic hydroxyl groups is 1. The molecule has 26 heavy (non-hydrogen) atoms. The molecule has 0 bridgehead atoms. The first-order chi connectivity index (χ1) is 12.5. The van der Waals surface area contributed by atoms with Crippen LogP contribution in [0.5, 0.6) is 0 Å². The second kappa shape index (κ2) is 9.48. The highest BCUT2D eigenvalue weighted by molar-refractivity contribution is 6.01. The summed E-state index contributed by atoms with van der Waals surface area (Å²) < 4.78 is 0. The fraction of sp³-hybridized carbons (Fsp3) is 0.250. The van der Waals surface area contributed by atoms with E-state index in [0.29, 0.717) is 5.71 Å². The lowest BCUT2D eigenvalue weighted by molar-refractivity contribution is -0.124. The van der Waals surface area contributed by atoms with Crippen LogP contribution < -0.4 is 10.3 Å². The van der Waals surface area contributed by atoms with Crippen LogP contribution in [0.25, 0.3) is 0 Å². The lowest BCUT2D eigenvalue weighted by Gasteiger charge is -2.23. The van der Waals surface area contributed by atoms with Crippen LogP contribution in [0.4, 0.5) is 11.4 Å². The van der Waals surface area contributed by atoms with Crippen molar-refractivity contribution in [1.29, 1.82) is 0 Å². The molecule has 0 aliphatic rings. The molecular formula is C20H23N3O3. The molecule has 6 heteroatoms. The van der Waals surface area contributed by atoms with E-state index in [9.17, 15) is 14.7 Å². The summed E-state index contributed by atoms with van der Waals surface area (Å²) in [7, 11) is 0. The minimum absolute atomic E-state index is 0.00555. The fourth-order valence-corrected chi connectivity index (χ4v) is 2.22. The Morgan fingerprint density at radius 2 is 1.50 bits per heavy atom. The number of nitrogens with zero attached hydrogens (tertiary/aromatic N) is 2. The van der Waals surface area contributed by atoms with Crippen molar-refractivity contribution in [3.63, 3.8) is 0 Å². The van der Waals surface area contributed by atoms with E-state index in [4.69, 9.17) is 0 Å². The summed E-state index contributed by atoms with van der Waals surface area (Å²) in [5, 5.41) is 13.1. The Balaban J connectivity index is 2.06. The third-order valence-electron chi connectivity index (χ3n) is 3.81. The SMILES string of the molecule is C/C(=N\NC(=O)CCC(=O)N(c1ccccc1)c1ccccc1)C(C)O. The second-order valence-electron chi connectivity index (χ2n) is 5.86. The molecule has 0 aliphatic carbocycles. The van der Waals surface area contributed by atoms with Crippen LogP contribution in [0.3, 0.4) is 0 Å². The van der Waals surface area contributed by atoms with Gasteiger partial charge >= 0.3 is 0 Å². The van der Waals surface area contributed by atoms with Gasteiger partial charge in [0.05, 0.1) is 11.8 Å². The van der Waals surface area contributed by atoms with Crippen molar-refractivity contribution in [3.05, 3.63) is 60.7 Å². The number of carbonyl (C=O) groups is 2. The zero-order valence-corrected chi connectivity index (χ0v) is 14.9. The number of hydrogen-bond acceptors (Lipinski definition) is 4. The van der Waals surface area contributed by atoms with E-state index in [-0.39, 0.29) is 24.7 Å². The maximum atomic E-state index is 12.8. The predicted octanol–water partition coefficient (Wildman–Crippen LogP) is 3.00. The highest BCUT2D eigenvalue weighted by atomic mass is 16.3. The standard InChI is InChI=1S/C20H23N3O3/c1-15(16(2)24)21-22-19(25)13-14-20(26)23(17-9-5-3-6-10-17)18-11-7-4-8-12-18/h3-12,16,24H,13-14H2,1-2H3,(H,22,25)/b21-15+. The van der Waals surface area contributed by atoms with Crippen molar-refractivity contribution >= 4 is 28.9 Å². The number of hydrogen-bond donors (Lipinski definition) is 2. The van der Waals surface area contributed by atoms with E-state index in [1.165, 1.54) is 0 Å². The van der Waals surface area contributed by atoms with Crippen molar-refractivity contribution in [3.8, 4) is 0 Å². The van der Waals surface area contributed by atoms with Crippen molar-refractivity contribution in [2.45, 2.75) is 32.8 Å². The molecule has 0 radical (unpaired) electrons. The van der Waals surface area contributed by atoms with Gasteiger partial charge in [-0.15, -0.1) is 0 Å². The number of amides is 2. The molecule has 0 aliphatic heterocycles. The Morgan fingerprint density at radius 1 is 1.00 bits per heavy atom. The minimum Gasteiger partial charge on any atom is -0.387 e. The fourth-order valence-electron chi connectivity index (χ4n) is 2.22. The van der Waals surface area contributed by atoms with Gasteiger partial charge < -0.3 is 5.11 Å². The van der Waals surface area contributed by atoms with Crippen molar-refractivity contribution in [2.24, 2.45) is 5.10 Å². The van der Waals surface area contributed by atoms with Gasteiger partial charge in [-0.25, -0.2) is 5.43 Å². The molecule has 1 unspecified atom stereocenters. The molecule has 0 fully saturated rings. The summed E-state index contributed by atoms with van der Waals surface area (Å²) in [6.07, 6.45) is -0.687. The van der Waals surface area contributed by atoms with Crippen molar-refractivity contribution < 1.29 is 14.7 Å². The Labute approximate surface area is 153 Å². The Hall–Kier alpha value is -2.99. The molecule has 0 aromatic heterocycles. The second-order valence-corrected chi connectivity index (χ2v) is 5.86. The van der Waals surface area contributed by atoms with E-state index in [1.54, 1.807) is 18.7 Å². The van der Waals surface area contributed by atoms with Gasteiger partial charge in [-0.1, -0.05) is 36.4 Å². The topological polar surface area (TPSA) is 82.0 Å². The van der Waals surface area contributed by atoms with Crippen LogP contribution in [-0.2, 0) is 9.59 Å². The van der Waals surface area contributed by atoms with Crippen LogP contribution in [0.2, 0.25) is 0 Å². The first-order valence-corrected chi connectivity index (χ1v) is 8.43. The van der Waals surface area contributed by atoms with Gasteiger partial charge in [0.15, 0.2) is 0 Å². The summed E-state index contributed by atoms with van der Waals surface area (Å²) in [5.74, 6) is -0.562. The third-order valence-corrected chi connectivity index (χ3v) is 3.81. The quantitative estimate of drug-likeness (QED) is 0.593. The molecular weight excluding hydrogens is 330 g/mol. The van der Waals surface area contributed by atoms with E-state index < -0.39 is 6.10 Å². The predicted molar refractivity (Wildman–Crippen MR) is 102 cm³/mol. The summed E-state index contributed by atoms with van der Waals surface area (Å²) in [6.45, 7) is 3.18. The van der Waals surface area contributed by atoms with E-state index in [2.05, 4.69) is 10.5 Å². The maximum Gasteiger partial charge on any atom is 0.240 e. The smallest absolute Gasteiger partial charge is 0.240 e. The lowest BCUT2D eigenvalue weighted by atomic mass is 10.2. The van der Waals surface area contributed by atoms with Gasteiger partial charge in [0.25, 0.3) is 0 Å². The molecule has 2 aromatic carbocycles. The Kier molecular flexibility index (Phi) is 7.05. The highest BCUT2D eigenvalue weighted by Gasteiger charge is 2.18. The van der Waals surface area contributed by atoms with E-state index >= 15 is 0 Å². The summed E-state index contributed by atoms with van der Waals surface area (Å²) in [4.78, 5) is 26.3. The number of carbonyl (C=O) groups excluding carboxylic acids is 2. The molecule has 0 saturated heterocycles. The average molecular weight is 353 g/mol. The number of para-hydroxylation sites is 2. The summed E-state index contributed by atoms with van der Waals surface area (Å²) in [5.41, 5.74) is 4.24. The maximum absolute atomic E-state index is 12.8. The van der Waals surface area contributed by atoms with Crippen LogP contribution >= 0.6 is 0 Å². The van der Waals surface area contributed by atoms with Gasteiger partial charge in [-0.05, 0) is 38.1 Å². The number of benzene rings is 2. The van der Waals surface area contributed by atoms with Gasteiger partial charge in [0.2, 0.25) is 11.8 Å². The van der Waals surface area contributed by atoms with E-state index in [1.807, 2.05) is 60.7 Å². The molecule has 2 N–H and O–H groups in total. The van der Waals surface area contributed by atoms with Crippen LogP contribution in [0, 0.1) is 0 Å². The average Bonchev–Trinajstić information content (AvgIpc) is 2.66. The molecule has 2 rings (SSSR count). The Bertz CT molecular complexity index is 719. The van der Waals surface area contributed by atoms with Crippen molar-refractivity contribution in [2.75, 3.05) is 4.90 Å². The van der Waals surface area contributed by atoms with Crippen molar-refractivity contribution in [1.82, 2.24) is 5.43 Å². The number of rotatable bonds is 7. The summed E-state index contributed by atoms with van der Waals surface area (Å²) in [6, 6.07) is 18.6. The zero-order valence-electron chi connectivity index (χ0n) is 14.9. The monoisotopic (exact) mass is 353 g/mol. The lowest BCUT2D eigenvalue weighted by Crippen LogP contribution is -2.28. The largest absolute Gasteiger partial charge is 0.387 e. The van der Waals surface area contributed by atoms with Gasteiger partial charge in [0, 0.05) is 24.2 Å². The molecule has 136 valence electrons. The first-order valence-electron chi connectivity index (χ1n) is 8.43. The van der Waals surface area contributed by atoms with Gasteiger partial charge in [0.1, 0.15) is 0 Å². The number of nitrogens with one attached hydrogen (secondary N) is 1. The van der Waals surface area contributed by atoms with E-state index in [0.717, 1.165) is 11.4 Å². The molecule has 0 saturated carbocycles. The van der Waals surface area contributed by atoms with Gasteiger partial charge in [-0.3, -0.25) is 14.5 Å². The van der Waals surface area contributed by atoms with Gasteiger partial charge in [-0.2, -0.15) is 5.10 Å². The number of aliphatic hydroxyl groups excluding tert-OH is 1. The van der Waals surface area contributed by atoms with Crippen LogP contribution in [0.15, 0.2) is 65.8 Å². The molecule has 0 spiro atoms. The highest BCUT2D eigenvalue weighted by Crippen LogP contribution is 2.26. The first kappa shape index (κ1) is 19.3. The third kappa shape index (κ3) is 5.53.